The van der Waals surface area contributed by atoms with Gasteiger partial charge in [0.25, 0.3) is 0 Å². The molecule has 2 rings (SSSR count). The van der Waals surface area contributed by atoms with Crippen LogP contribution in [0.1, 0.15) is 40.2 Å². The zero-order chi connectivity index (χ0) is 19.0. The van der Waals surface area contributed by atoms with Crippen molar-refractivity contribution in [2.45, 2.75) is 58.1 Å². The summed E-state index contributed by atoms with van der Waals surface area (Å²) in [5, 5.41) is 0. The van der Waals surface area contributed by atoms with Gasteiger partial charge in [-0.1, -0.05) is 37.6 Å². The van der Waals surface area contributed by atoms with Gasteiger partial charge in [0.2, 0.25) is 10.0 Å². The Morgan fingerprint density at radius 3 is 2.24 bits per heavy atom. The predicted molar refractivity (Wildman–Crippen MR) is 97.6 cm³/mol. The molecule has 0 radical (unpaired) electrons. The summed E-state index contributed by atoms with van der Waals surface area (Å²) in [4.78, 5) is 12.8. The van der Waals surface area contributed by atoms with Gasteiger partial charge in [0, 0.05) is 6.54 Å². The van der Waals surface area contributed by atoms with Gasteiger partial charge in [0.1, 0.15) is 5.60 Å². The van der Waals surface area contributed by atoms with E-state index in [0.717, 1.165) is 5.56 Å². The lowest BCUT2D eigenvalue weighted by molar-refractivity contribution is -0.150. The van der Waals surface area contributed by atoms with Crippen molar-refractivity contribution >= 4 is 16.0 Å². The van der Waals surface area contributed by atoms with Gasteiger partial charge in [0.05, 0.1) is 16.5 Å². The van der Waals surface area contributed by atoms with E-state index < -0.39 is 27.6 Å². The van der Waals surface area contributed by atoms with Crippen LogP contribution >= 0.6 is 0 Å². The fourth-order valence-electron chi connectivity index (χ4n) is 2.90. The number of hydrogen-bond donors (Lipinski definition) is 0. The van der Waals surface area contributed by atoms with Crippen LogP contribution in [-0.2, 0) is 19.6 Å². The highest BCUT2D eigenvalue weighted by Gasteiger charge is 2.42. The second-order valence-corrected chi connectivity index (χ2v) is 9.63. The average Bonchev–Trinajstić information content (AvgIpc) is 2.91. The maximum atomic E-state index is 13.1. The van der Waals surface area contributed by atoms with Crippen molar-refractivity contribution in [3.63, 3.8) is 0 Å². The quantitative estimate of drug-likeness (QED) is 0.768. The van der Waals surface area contributed by atoms with E-state index in [1.54, 1.807) is 51.1 Å². The van der Waals surface area contributed by atoms with E-state index in [4.69, 9.17) is 4.74 Å². The predicted octanol–water partition coefficient (Wildman–Crippen LogP) is 3.29. The van der Waals surface area contributed by atoms with E-state index in [-0.39, 0.29) is 17.4 Å². The first-order valence-electron chi connectivity index (χ1n) is 8.45. The highest BCUT2D eigenvalue weighted by atomic mass is 32.2. The van der Waals surface area contributed by atoms with E-state index in [0.29, 0.717) is 5.57 Å². The van der Waals surface area contributed by atoms with Crippen LogP contribution in [-0.4, -0.2) is 36.9 Å². The zero-order valence-corrected chi connectivity index (χ0v) is 16.6. The second-order valence-electron chi connectivity index (χ2n) is 7.74. The zero-order valence-electron chi connectivity index (χ0n) is 15.7. The monoisotopic (exact) mass is 365 g/mol. The fourth-order valence-corrected chi connectivity index (χ4v) is 4.58. The summed E-state index contributed by atoms with van der Waals surface area (Å²) in [5.74, 6) is -0.505. The molecule has 0 N–H and O–H groups in total. The Bertz CT molecular complexity index is 771. The lowest BCUT2D eigenvalue weighted by atomic mass is 9.98. The Morgan fingerprint density at radius 1 is 1.20 bits per heavy atom. The number of hydrogen-bond acceptors (Lipinski definition) is 4. The number of carbonyl (C=O) groups excluding carboxylic acids is 1. The minimum absolute atomic E-state index is 0.0542. The third-order valence-electron chi connectivity index (χ3n) is 4.01. The Labute approximate surface area is 150 Å². The minimum Gasteiger partial charge on any atom is -0.457 e. The van der Waals surface area contributed by atoms with Gasteiger partial charge >= 0.3 is 5.97 Å². The topological polar surface area (TPSA) is 63.7 Å². The number of carbonyl (C=O) groups is 1. The molecule has 6 heteroatoms. The summed E-state index contributed by atoms with van der Waals surface area (Å²) in [7, 11) is -3.69. The van der Waals surface area contributed by atoms with Crippen LogP contribution in [0.25, 0.3) is 0 Å². The lowest BCUT2D eigenvalue weighted by Crippen LogP contribution is -2.42. The van der Waals surface area contributed by atoms with Crippen molar-refractivity contribution in [1.82, 2.24) is 4.31 Å². The van der Waals surface area contributed by atoms with Gasteiger partial charge in [-0.15, -0.1) is 0 Å². The normalized spacial score (nSPS) is 19.2. The maximum absolute atomic E-state index is 13.1. The number of sulfonamides is 1. The molecule has 5 nitrogen and oxygen atoms in total. The first kappa shape index (κ1) is 19.7. The summed E-state index contributed by atoms with van der Waals surface area (Å²) in [6, 6.07) is 6.23. The summed E-state index contributed by atoms with van der Waals surface area (Å²) in [6.07, 6.45) is 1.67. The average molecular weight is 365 g/mol. The lowest BCUT2D eigenvalue weighted by Gasteiger charge is -2.30. The molecule has 138 valence electrons. The molecule has 0 aromatic heterocycles. The smallest absolute Gasteiger partial charge is 0.335 e. The molecule has 0 amide bonds. The highest BCUT2D eigenvalue weighted by Crippen LogP contribution is 2.32. The second kappa shape index (κ2) is 6.92. The van der Waals surface area contributed by atoms with Gasteiger partial charge in [-0.05, 0) is 45.7 Å². The largest absolute Gasteiger partial charge is 0.457 e. The first-order valence-corrected chi connectivity index (χ1v) is 9.89. The molecule has 0 fully saturated rings. The number of ether oxygens (including phenoxy) is 1. The van der Waals surface area contributed by atoms with Crippen LogP contribution in [0.2, 0.25) is 0 Å². The van der Waals surface area contributed by atoms with Crippen molar-refractivity contribution in [3.05, 3.63) is 41.5 Å². The molecule has 1 atom stereocenters. The Balaban J connectivity index is 2.34. The van der Waals surface area contributed by atoms with Crippen LogP contribution in [0.5, 0.6) is 0 Å². The van der Waals surface area contributed by atoms with E-state index in [1.165, 1.54) is 4.31 Å². The maximum Gasteiger partial charge on any atom is 0.335 e. The van der Waals surface area contributed by atoms with Crippen molar-refractivity contribution in [3.8, 4) is 0 Å². The summed E-state index contributed by atoms with van der Waals surface area (Å²) < 4.78 is 33.0. The third kappa shape index (κ3) is 4.30. The molecule has 1 aromatic rings. The van der Waals surface area contributed by atoms with E-state index in [2.05, 4.69) is 0 Å². The Hall–Kier alpha value is -1.66. The molecule has 0 unspecified atom stereocenters. The van der Waals surface area contributed by atoms with Crippen LogP contribution < -0.4 is 0 Å². The van der Waals surface area contributed by atoms with Crippen molar-refractivity contribution in [2.24, 2.45) is 5.92 Å². The van der Waals surface area contributed by atoms with Gasteiger partial charge in [-0.25, -0.2) is 13.2 Å². The van der Waals surface area contributed by atoms with Gasteiger partial charge in [-0.3, -0.25) is 0 Å². The molecular weight excluding hydrogens is 338 g/mol. The number of rotatable bonds is 4. The molecule has 0 spiro atoms. The molecule has 1 aliphatic rings. The van der Waals surface area contributed by atoms with E-state index in [1.807, 2.05) is 20.8 Å². The van der Waals surface area contributed by atoms with Crippen LogP contribution in [0, 0.1) is 12.8 Å². The number of nitrogens with zero attached hydrogens (tertiary/aromatic N) is 1. The van der Waals surface area contributed by atoms with Crippen LogP contribution in [0.3, 0.4) is 0 Å². The minimum atomic E-state index is -3.69. The molecule has 0 saturated carbocycles. The highest BCUT2D eigenvalue weighted by molar-refractivity contribution is 7.89. The molecule has 1 aromatic carbocycles. The first-order chi connectivity index (χ1) is 11.4. The summed E-state index contributed by atoms with van der Waals surface area (Å²) in [5.41, 5.74) is 0.789. The molecule has 0 aliphatic carbocycles. The Morgan fingerprint density at radius 2 is 1.76 bits per heavy atom. The molecule has 0 bridgehead atoms. The Kier molecular flexibility index (Phi) is 5.44. The molecule has 0 saturated heterocycles. The van der Waals surface area contributed by atoms with Gasteiger partial charge in [0.15, 0.2) is 0 Å². The standard InChI is InChI=1S/C19H27NO4S/c1-13(2)17-16(18(21)24-19(4,5)6)11-12-20(17)25(22,23)15-9-7-14(3)8-10-15/h7-11,13,17H,12H2,1-6H3/t17-/m0/s1. The van der Waals surface area contributed by atoms with Crippen LogP contribution in [0.4, 0.5) is 0 Å². The third-order valence-corrected chi connectivity index (χ3v) is 5.88. The molecule has 1 aliphatic heterocycles. The molecular formula is C19H27NO4S. The van der Waals surface area contributed by atoms with Crippen molar-refractivity contribution < 1.29 is 17.9 Å². The number of esters is 1. The van der Waals surface area contributed by atoms with Crippen molar-refractivity contribution in [1.29, 1.82) is 0 Å². The number of benzene rings is 1. The van der Waals surface area contributed by atoms with E-state index in [9.17, 15) is 13.2 Å². The van der Waals surface area contributed by atoms with Gasteiger partial charge < -0.3 is 4.74 Å². The van der Waals surface area contributed by atoms with E-state index >= 15 is 0 Å². The fraction of sp³-hybridized carbons (Fsp3) is 0.526. The molecule has 1 heterocycles. The van der Waals surface area contributed by atoms with Crippen molar-refractivity contribution in [2.75, 3.05) is 6.54 Å². The van der Waals surface area contributed by atoms with Gasteiger partial charge in [-0.2, -0.15) is 4.31 Å². The summed E-state index contributed by atoms with van der Waals surface area (Å²) >= 11 is 0. The SMILES string of the molecule is Cc1ccc(S(=O)(=O)N2CC=C(C(=O)OC(C)(C)C)[C@@H]2C(C)C)cc1. The number of aryl methyl sites for hydroxylation is 1. The molecule has 25 heavy (non-hydrogen) atoms. The van der Waals surface area contributed by atoms with Crippen LogP contribution in [0.15, 0.2) is 40.8 Å². The summed E-state index contributed by atoms with van der Waals surface area (Å²) in [6.45, 7) is 11.3.